The van der Waals surface area contributed by atoms with Gasteiger partial charge in [-0.25, -0.2) is 4.39 Å². The molecule has 2 heterocycles. The van der Waals surface area contributed by atoms with E-state index in [1.54, 1.807) is 12.1 Å². The first-order chi connectivity index (χ1) is 11.5. The molecule has 1 saturated carbocycles. The van der Waals surface area contributed by atoms with Crippen molar-refractivity contribution in [2.24, 2.45) is 0 Å². The molecular weight excluding hydrogens is 309 g/mol. The Morgan fingerprint density at radius 2 is 2.08 bits per heavy atom. The van der Waals surface area contributed by atoms with Crippen molar-refractivity contribution >= 4 is 0 Å². The molecule has 1 N–H and O–H groups in total. The maximum Gasteiger partial charge on any atom is 0.247 e. The highest BCUT2D eigenvalue weighted by Gasteiger charge is 2.45. The molecule has 5 nitrogen and oxygen atoms in total. The second-order valence-corrected chi connectivity index (χ2v) is 7.52. The molecule has 1 aliphatic carbocycles. The topological polar surface area (TPSA) is 62.4 Å². The first-order valence-corrected chi connectivity index (χ1v) is 8.51. The molecule has 6 heteroatoms. The Balaban J connectivity index is 1.38. The SMILES string of the molecule is CC1(c2nnc(-c3cccc(F)c3)o2)CN(CCC2(O)CCC2)C1. The Morgan fingerprint density at radius 3 is 2.75 bits per heavy atom. The van der Waals surface area contributed by atoms with Crippen LogP contribution in [-0.2, 0) is 5.41 Å². The number of halogens is 1. The highest BCUT2D eigenvalue weighted by Crippen LogP contribution is 2.38. The Morgan fingerprint density at radius 1 is 1.29 bits per heavy atom. The number of nitrogens with zero attached hydrogens (tertiary/aromatic N) is 3. The Hall–Kier alpha value is -1.79. The monoisotopic (exact) mass is 331 g/mol. The lowest BCUT2D eigenvalue weighted by atomic mass is 9.76. The molecule has 128 valence electrons. The van der Waals surface area contributed by atoms with Crippen LogP contribution in [0.3, 0.4) is 0 Å². The van der Waals surface area contributed by atoms with Crippen LogP contribution in [0.15, 0.2) is 28.7 Å². The summed E-state index contributed by atoms with van der Waals surface area (Å²) in [6, 6.07) is 6.18. The molecule has 0 unspecified atom stereocenters. The first kappa shape index (κ1) is 15.7. The lowest BCUT2D eigenvalue weighted by Crippen LogP contribution is -2.58. The summed E-state index contributed by atoms with van der Waals surface area (Å²) in [5.74, 6) is 0.635. The van der Waals surface area contributed by atoms with Crippen LogP contribution in [0.4, 0.5) is 4.39 Å². The van der Waals surface area contributed by atoms with E-state index in [1.807, 2.05) is 0 Å². The maximum atomic E-state index is 13.3. The Bertz CT molecular complexity index is 735. The molecule has 2 aliphatic rings. The van der Waals surface area contributed by atoms with Crippen molar-refractivity contribution in [3.8, 4) is 11.5 Å². The van der Waals surface area contributed by atoms with Gasteiger partial charge in [-0.1, -0.05) is 6.07 Å². The van der Waals surface area contributed by atoms with Crippen LogP contribution < -0.4 is 0 Å². The molecular formula is C18H22FN3O2. The summed E-state index contributed by atoms with van der Waals surface area (Å²) in [6.45, 7) is 4.68. The van der Waals surface area contributed by atoms with Gasteiger partial charge in [0.25, 0.3) is 0 Å². The summed E-state index contributed by atoms with van der Waals surface area (Å²) in [5, 5.41) is 18.4. The number of aromatic nitrogens is 2. The van der Waals surface area contributed by atoms with Crippen molar-refractivity contribution in [1.82, 2.24) is 15.1 Å². The van der Waals surface area contributed by atoms with Gasteiger partial charge in [0.1, 0.15) is 5.82 Å². The van der Waals surface area contributed by atoms with Crippen molar-refractivity contribution in [2.75, 3.05) is 19.6 Å². The van der Waals surface area contributed by atoms with Gasteiger partial charge in [-0.05, 0) is 50.8 Å². The highest BCUT2D eigenvalue weighted by molar-refractivity contribution is 5.52. The summed E-state index contributed by atoms with van der Waals surface area (Å²) in [6.07, 6.45) is 3.83. The second-order valence-electron chi connectivity index (χ2n) is 7.52. The van der Waals surface area contributed by atoms with E-state index in [4.69, 9.17) is 4.42 Å². The minimum absolute atomic E-state index is 0.166. The third kappa shape index (κ3) is 2.84. The summed E-state index contributed by atoms with van der Waals surface area (Å²) in [7, 11) is 0. The average Bonchev–Trinajstić information content (AvgIpc) is 2.99. The van der Waals surface area contributed by atoms with E-state index < -0.39 is 5.60 Å². The second kappa shape index (κ2) is 5.63. The molecule has 2 aromatic rings. The van der Waals surface area contributed by atoms with Gasteiger partial charge >= 0.3 is 0 Å². The molecule has 1 saturated heterocycles. The van der Waals surface area contributed by atoms with E-state index in [0.717, 1.165) is 45.3 Å². The maximum absolute atomic E-state index is 13.3. The van der Waals surface area contributed by atoms with E-state index in [-0.39, 0.29) is 11.2 Å². The van der Waals surface area contributed by atoms with E-state index in [2.05, 4.69) is 22.0 Å². The molecule has 0 spiro atoms. The quantitative estimate of drug-likeness (QED) is 0.913. The van der Waals surface area contributed by atoms with Gasteiger partial charge in [0, 0.05) is 25.2 Å². The minimum atomic E-state index is -0.430. The summed E-state index contributed by atoms with van der Waals surface area (Å²) in [4.78, 5) is 2.31. The summed E-state index contributed by atoms with van der Waals surface area (Å²) < 4.78 is 19.1. The molecule has 0 atom stereocenters. The largest absolute Gasteiger partial charge is 0.420 e. The fourth-order valence-corrected chi connectivity index (χ4v) is 3.64. The van der Waals surface area contributed by atoms with Gasteiger partial charge in [-0.2, -0.15) is 0 Å². The fraction of sp³-hybridized carbons (Fsp3) is 0.556. The number of likely N-dealkylation sites (tertiary alicyclic amines) is 1. The number of hydrogen-bond donors (Lipinski definition) is 1. The molecule has 24 heavy (non-hydrogen) atoms. The van der Waals surface area contributed by atoms with Gasteiger partial charge in [0.15, 0.2) is 0 Å². The van der Waals surface area contributed by atoms with Crippen LogP contribution in [0, 0.1) is 5.82 Å². The first-order valence-electron chi connectivity index (χ1n) is 8.51. The zero-order valence-corrected chi connectivity index (χ0v) is 13.8. The molecule has 0 amide bonds. The van der Waals surface area contributed by atoms with Crippen LogP contribution in [-0.4, -0.2) is 45.4 Å². The molecule has 2 fully saturated rings. The minimum Gasteiger partial charge on any atom is -0.420 e. The Labute approximate surface area is 140 Å². The zero-order chi connectivity index (χ0) is 16.8. The van der Waals surface area contributed by atoms with Crippen molar-refractivity contribution in [3.63, 3.8) is 0 Å². The van der Waals surface area contributed by atoms with E-state index in [0.29, 0.717) is 17.3 Å². The normalized spacial score (nSPS) is 22.0. The number of hydrogen-bond acceptors (Lipinski definition) is 5. The zero-order valence-electron chi connectivity index (χ0n) is 13.8. The third-order valence-electron chi connectivity index (χ3n) is 5.34. The van der Waals surface area contributed by atoms with E-state index >= 15 is 0 Å². The standard InChI is InChI=1S/C18H22FN3O2/c1-17(11-22(12-17)9-8-18(23)6-3-7-18)16-21-20-15(24-16)13-4-2-5-14(19)10-13/h2,4-5,10,23H,3,6-9,11-12H2,1H3. The molecule has 0 bridgehead atoms. The van der Waals surface area contributed by atoms with Gasteiger partial charge in [-0.15, -0.1) is 10.2 Å². The lowest BCUT2D eigenvalue weighted by Gasteiger charge is -2.47. The predicted molar refractivity (Wildman–Crippen MR) is 86.9 cm³/mol. The molecule has 1 aromatic heterocycles. The van der Waals surface area contributed by atoms with E-state index in [9.17, 15) is 9.50 Å². The summed E-state index contributed by atoms with van der Waals surface area (Å²) in [5.41, 5.74) is 0.00250. The summed E-state index contributed by atoms with van der Waals surface area (Å²) >= 11 is 0. The number of rotatable bonds is 5. The molecule has 0 radical (unpaired) electrons. The van der Waals surface area contributed by atoms with Gasteiger partial charge in [0.05, 0.1) is 11.0 Å². The van der Waals surface area contributed by atoms with Crippen LogP contribution in [0.25, 0.3) is 11.5 Å². The van der Waals surface area contributed by atoms with Crippen LogP contribution >= 0.6 is 0 Å². The molecule has 4 rings (SSSR count). The highest BCUT2D eigenvalue weighted by atomic mass is 19.1. The van der Waals surface area contributed by atoms with Gasteiger partial charge < -0.3 is 14.4 Å². The van der Waals surface area contributed by atoms with Crippen molar-refractivity contribution in [1.29, 1.82) is 0 Å². The molecule has 1 aromatic carbocycles. The number of aliphatic hydroxyl groups is 1. The van der Waals surface area contributed by atoms with Crippen molar-refractivity contribution < 1.29 is 13.9 Å². The van der Waals surface area contributed by atoms with Crippen molar-refractivity contribution in [3.05, 3.63) is 36.0 Å². The van der Waals surface area contributed by atoms with Gasteiger partial charge in [0.2, 0.25) is 11.8 Å². The van der Waals surface area contributed by atoms with Crippen LogP contribution in [0.5, 0.6) is 0 Å². The third-order valence-corrected chi connectivity index (χ3v) is 5.34. The van der Waals surface area contributed by atoms with Gasteiger partial charge in [-0.3, -0.25) is 0 Å². The number of benzene rings is 1. The van der Waals surface area contributed by atoms with E-state index in [1.165, 1.54) is 12.1 Å². The van der Waals surface area contributed by atoms with Crippen molar-refractivity contribution in [2.45, 2.75) is 43.6 Å². The fourth-order valence-electron chi connectivity index (χ4n) is 3.64. The van der Waals surface area contributed by atoms with Crippen LogP contribution in [0.2, 0.25) is 0 Å². The smallest absolute Gasteiger partial charge is 0.247 e. The molecule has 1 aliphatic heterocycles. The Kier molecular flexibility index (Phi) is 3.69. The predicted octanol–water partition coefficient (Wildman–Crippen LogP) is 2.75. The van der Waals surface area contributed by atoms with Crippen LogP contribution in [0.1, 0.15) is 38.5 Å². The average molecular weight is 331 g/mol. The lowest BCUT2D eigenvalue weighted by molar-refractivity contribution is -0.0569.